The molecule has 146 valence electrons. The molecule has 1 N–H and O–H groups in total. The van der Waals surface area contributed by atoms with E-state index in [1.165, 1.54) is 0 Å². The zero-order chi connectivity index (χ0) is 17.0. The molecule has 1 fully saturated rings. The third-order valence-corrected chi connectivity index (χ3v) is 4.29. The largest absolute Gasteiger partial charge is 0.416 e. The van der Waals surface area contributed by atoms with Crippen molar-refractivity contribution in [1.29, 1.82) is 0 Å². The summed E-state index contributed by atoms with van der Waals surface area (Å²) < 4.78 is 53.2. The van der Waals surface area contributed by atoms with Crippen molar-refractivity contribution in [3.05, 3.63) is 35.1 Å². The van der Waals surface area contributed by atoms with Gasteiger partial charge in [0.1, 0.15) is 5.82 Å². The molecule has 0 bridgehead atoms. The fourth-order valence-corrected chi connectivity index (χ4v) is 3.00. The van der Waals surface area contributed by atoms with Gasteiger partial charge in [0.05, 0.1) is 5.56 Å². The first-order valence-corrected chi connectivity index (χ1v) is 8.10. The van der Waals surface area contributed by atoms with Gasteiger partial charge in [-0.1, -0.05) is 13.8 Å². The van der Waals surface area contributed by atoms with Gasteiger partial charge in [-0.25, -0.2) is 4.39 Å². The molecular weight excluding hydrogens is 379 g/mol. The highest BCUT2D eigenvalue weighted by Gasteiger charge is 2.33. The molecule has 0 radical (unpaired) electrons. The van der Waals surface area contributed by atoms with Crippen molar-refractivity contribution in [2.24, 2.45) is 5.92 Å². The average Bonchev–Trinajstić information content (AvgIpc) is 2.48. The molecule has 2 nitrogen and oxygen atoms in total. The molecule has 1 aromatic carbocycles. The van der Waals surface area contributed by atoms with Crippen LogP contribution in [0, 0.1) is 11.7 Å². The Morgan fingerprint density at radius 2 is 1.68 bits per heavy atom. The third kappa shape index (κ3) is 6.93. The summed E-state index contributed by atoms with van der Waals surface area (Å²) in [6, 6.07) is 2.45. The van der Waals surface area contributed by atoms with Gasteiger partial charge in [0.2, 0.25) is 0 Å². The van der Waals surface area contributed by atoms with Crippen LogP contribution >= 0.6 is 24.8 Å². The first kappa shape index (κ1) is 24.4. The predicted molar refractivity (Wildman–Crippen MR) is 97.2 cm³/mol. The number of nitrogens with one attached hydrogen (secondary N) is 1. The minimum Gasteiger partial charge on any atom is -0.314 e. The van der Waals surface area contributed by atoms with Gasteiger partial charge in [-0.2, -0.15) is 13.2 Å². The van der Waals surface area contributed by atoms with E-state index < -0.39 is 17.6 Å². The minimum absolute atomic E-state index is 0. The van der Waals surface area contributed by atoms with Gasteiger partial charge in [0, 0.05) is 37.8 Å². The van der Waals surface area contributed by atoms with Crippen molar-refractivity contribution in [3.63, 3.8) is 0 Å². The Balaban J connectivity index is 0.00000288. The molecule has 8 heteroatoms. The maximum absolute atomic E-state index is 14.3. The Hall–Kier alpha value is -0.560. The second-order valence-electron chi connectivity index (χ2n) is 6.51. The van der Waals surface area contributed by atoms with Crippen molar-refractivity contribution in [3.8, 4) is 0 Å². The van der Waals surface area contributed by atoms with Gasteiger partial charge in [-0.3, -0.25) is 4.90 Å². The lowest BCUT2D eigenvalue weighted by Gasteiger charge is -2.36. The van der Waals surface area contributed by atoms with Gasteiger partial charge < -0.3 is 5.32 Å². The number of rotatable bonds is 5. The molecule has 0 spiro atoms. The van der Waals surface area contributed by atoms with Crippen LogP contribution in [0.5, 0.6) is 0 Å². The lowest BCUT2D eigenvalue weighted by atomic mass is 9.94. The van der Waals surface area contributed by atoms with Crippen LogP contribution in [0.15, 0.2) is 18.2 Å². The Morgan fingerprint density at radius 1 is 1.08 bits per heavy atom. The van der Waals surface area contributed by atoms with Crippen molar-refractivity contribution in [2.45, 2.75) is 38.9 Å². The standard InChI is InChI=1S/C17H24F4N2.2ClH/c1-12(2)3-6-16(23-9-7-22-8-10-23)14-11-13(17(19,20)21)4-5-15(14)18;;/h4-5,11-12,16,22H,3,6-10H2,1-2H3;2*1H/t16-;;/m0../s1. The molecule has 2 rings (SSSR count). The monoisotopic (exact) mass is 404 g/mol. The number of alkyl halides is 3. The van der Waals surface area contributed by atoms with Crippen LogP contribution < -0.4 is 5.32 Å². The van der Waals surface area contributed by atoms with E-state index >= 15 is 0 Å². The van der Waals surface area contributed by atoms with Crippen molar-refractivity contribution in [1.82, 2.24) is 10.2 Å². The molecule has 25 heavy (non-hydrogen) atoms. The Labute approximate surface area is 159 Å². The average molecular weight is 405 g/mol. The highest BCUT2D eigenvalue weighted by molar-refractivity contribution is 5.85. The van der Waals surface area contributed by atoms with E-state index in [1.54, 1.807) is 0 Å². The van der Waals surface area contributed by atoms with Crippen LogP contribution in [0.3, 0.4) is 0 Å². The maximum atomic E-state index is 14.3. The van der Waals surface area contributed by atoms with Crippen LogP contribution in [0.2, 0.25) is 0 Å². The third-order valence-electron chi connectivity index (χ3n) is 4.29. The van der Waals surface area contributed by atoms with Crippen molar-refractivity contribution >= 4 is 24.8 Å². The molecule has 1 aliphatic heterocycles. The summed E-state index contributed by atoms with van der Waals surface area (Å²) in [5, 5.41) is 3.22. The van der Waals surface area contributed by atoms with Crippen LogP contribution in [-0.4, -0.2) is 31.1 Å². The number of halogens is 6. The number of nitrogens with zero attached hydrogens (tertiary/aromatic N) is 1. The van der Waals surface area contributed by atoms with Gasteiger partial charge in [0.25, 0.3) is 0 Å². The fraction of sp³-hybridized carbons (Fsp3) is 0.647. The van der Waals surface area contributed by atoms with Gasteiger partial charge in [-0.15, -0.1) is 24.8 Å². The summed E-state index contributed by atoms with van der Waals surface area (Å²) in [6.45, 7) is 7.13. The Kier molecular flexibility index (Phi) is 10.3. The number of hydrogen-bond acceptors (Lipinski definition) is 2. The lowest BCUT2D eigenvalue weighted by Crippen LogP contribution is -2.45. The molecule has 0 amide bonds. The van der Waals surface area contributed by atoms with E-state index in [-0.39, 0.29) is 36.4 Å². The summed E-state index contributed by atoms with van der Waals surface area (Å²) >= 11 is 0. The normalized spacial score (nSPS) is 16.9. The van der Waals surface area contributed by atoms with Crippen LogP contribution in [0.1, 0.15) is 43.9 Å². The first-order valence-electron chi connectivity index (χ1n) is 8.10. The minimum atomic E-state index is -4.45. The molecule has 0 aromatic heterocycles. The quantitative estimate of drug-likeness (QED) is 0.689. The molecule has 1 saturated heterocycles. The second-order valence-corrected chi connectivity index (χ2v) is 6.51. The molecule has 1 heterocycles. The molecule has 1 aliphatic rings. The highest BCUT2D eigenvalue weighted by atomic mass is 35.5. The van der Waals surface area contributed by atoms with Crippen LogP contribution in [0.4, 0.5) is 17.6 Å². The van der Waals surface area contributed by atoms with Crippen LogP contribution in [-0.2, 0) is 6.18 Å². The smallest absolute Gasteiger partial charge is 0.314 e. The van der Waals surface area contributed by atoms with Gasteiger partial charge in [0.15, 0.2) is 0 Å². The highest BCUT2D eigenvalue weighted by Crippen LogP contribution is 2.35. The van der Waals surface area contributed by atoms with Crippen molar-refractivity contribution in [2.75, 3.05) is 26.2 Å². The van der Waals surface area contributed by atoms with Crippen LogP contribution in [0.25, 0.3) is 0 Å². The zero-order valence-corrected chi connectivity index (χ0v) is 16.0. The molecule has 1 aromatic rings. The van der Waals surface area contributed by atoms with Gasteiger partial charge in [-0.05, 0) is 37.0 Å². The Morgan fingerprint density at radius 3 is 2.20 bits per heavy atom. The summed E-state index contributed by atoms with van der Waals surface area (Å²) in [5.41, 5.74) is -0.610. The lowest BCUT2D eigenvalue weighted by molar-refractivity contribution is -0.137. The van der Waals surface area contributed by atoms with Gasteiger partial charge >= 0.3 is 6.18 Å². The number of piperazine rings is 1. The van der Waals surface area contributed by atoms with E-state index in [0.29, 0.717) is 12.3 Å². The fourth-order valence-electron chi connectivity index (χ4n) is 3.00. The summed E-state index contributed by atoms with van der Waals surface area (Å²) in [4.78, 5) is 2.09. The molecule has 0 saturated carbocycles. The summed E-state index contributed by atoms with van der Waals surface area (Å²) in [6.07, 6.45) is -2.94. The Bertz CT molecular complexity index is 518. The van der Waals surface area contributed by atoms with Crippen molar-refractivity contribution < 1.29 is 17.6 Å². The molecular formula is C17H26Cl2F4N2. The van der Waals surface area contributed by atoms with E-state index in [1.807, 2.05) is 0 Å². The first-order chi connectivity index (χ1) is 10.8. The summed E-state index contributed by atoms with van der Waals surface area (Å²) in [7, 11) is 0. The van der Waals surface area contributed by atoms with E-state index in [9.17, 15) is 17.6 Å². The number of hydrogen-bond donors (Lipinski definition) is 1. The predicted octanol–water partition coefficient (Wildman–Crippen LogP) is 5.07. The maximum Gasteiger partial charge on any atom is 0.416 e. The number of benzene rings is 1. The second kappa shape index (κ2) is 10.6. The van der Waals surface area contributed by atoms with E-state index in [2.05, 4.69) is 24.1 Å². The summed E-state index contributed by atoms with van der Waals surface area (Å²) in [5.74, 6) is -0.125. The molecule has 0 aliphatic carbocycles. The van der Waals surface area contributed by atoms with E-state index in [0.717, 1.165) is 50.8 Å². The molecule has 1 atom stereocenters. The SMILES string of the molecule is CC(C)CC[C@@H](c1cc(C(F)(F)F)ccc1F)N1CCNCC1.Cl.Cl. The zero-order valence-electron chi connectivity index (χ0n) is 14.4. The topological polar surface area (TPSA) is 15.3 Å². The van der Waals surface area contributed by atoms with E-state index in [4.69, 9.17) is 0 Å². The molecule has 0 unspecified atom stereocenters.